The number of benzene rings is 1. The van der Waals surface area contributed by atoms with Gasteiger partial charge in [0.1, 0.15) is 6.04 Å². The zero-order valence-electron chi connectivity index (χ0n) is 14.8. The van der Waals surface area contributed by atoms with E-state index in [4.69, 9.17) is 4.42 Å². The van der Waals surface area contributed by atoms with Crippen LogP contribution in [0.5, 0.6) is 0 Å². The highest BCUT2D eigenvalue weighted by Gasteiger charge is 2.38. The number of hydrogen-bond donors (Lipinski definition) is 1. The summed E-state index contributed by atoms with van der Waals surface area (Å²) in [6.45, 7) is 3.63. The molecule has 2 atom stereocenters. The molecule has 1 aliphatic rings. The topological polar surface area (TPSA) is 80.5 Å². The highest BCUT2D eigenvalue weighted by molar-refractivity contribution is 5.84. The third-order valence-electron chi connectivity index (χ3n) is 4.19. The van der Waals surface area contributed by atoms with Crippen LogP contribution in [0.2, 0.25) is 0 Å². The van der Waals surface area contributed by atoms with E-state index in [0.29, 0.717) is 5.89 Å². The largest absolute Gasteiger partial charge is 0.522 e. The molecule has 0 radical (unpaired) electrons. The van der Waals surface area contributed by atoms with Crippen molar-refractivity contribution in [2.24, 2.45) is 0 Å². The quantitative estimate of drug-likeness (QED) is 0.854. The fraction of sp³-hybridized carbons (Fsp3) is 0.471. The van der Waals surface area contributed by atoms with Crippen molar-refractivity contribution >= 4 is 11.9 Å². The molecule has 1 N–H and O–H groups in total. The van der Waals surface area contributed by atoms with Crippen molar-refractivity contribution in [1.82, 2.24) is 15.1 Å². The van der Waals surface area contributed by atoms with Gasteiger partial charge in [-0.2, -0.15) is 0 Å². The number of nitrogens with one attached hydrogen (secondary N) is 1. The molecule has 3 rings (SSSR count). The number of carbonyl (C=O) groups excluding carboxylic acids is 1. The van der Waals surface area contributed by atoms with E-state index < -0.39 is 18.5 Å². The summed E-state index contributed by atoms with van der Waals surface area (Å²) in [6.07, 6.45) is -5.61. The molecule has 146 valence electrons. The molecule has 1 unspecified atom stereocenters. The van der Waals surface area contributed by atoms with Crippen molar-refractivity contribution in [2.45, 2.75) is 38.8 Å². The molecule has 10 heteroatoms. The molecule has 1 aromatic carbocycles. The van der Waals surface area contributed by atoms with Gasteiger partial charge in [-0.1, -0.05) is 22.8 Å². The lowest BCUT2D eigenvalue weighted by Crippen LogP contribution is -2.41. The van der Waals surface area contributed by atoms with Gasteiger partial charge < -0.3 is 14.6 Å². The van der Waals surface area contributed by atoms with Crippen LogP contribution >= 0.6 is 0 Å². The number of amides is 1. The van der Waals surface area contributed by atoms with Crippen molar-refractivity contribution in [3.8, 4) is 11.5 Å². The van der Waals surface area contributed by atoms with E-state index in [0.717, 1.165) is 11.1 Å². The maximum absolute atomic E-state index is 12.4. The molecule has 1 saturated heterocycles. The Morgan fingerprint density at radius 3 is 2.70 bits per heavy atom. The number of anilines is 1. The number of hydrogen-bond acceptors (Lipinski definition) is 6. The van der Waals surface area contributed by atoms with E-state index in [1.54, 1.807) is 6.92 Å². The second kappa shape index (κ2) is 7.55. The van der Waals surface area contributed by atoms with Gasteiger partial charge in [0.25, 0.3) is 0 Å². The highest BCUT2D eigenvalue weighted by Crippen LogP contribution is 2.25. The van der Waals surface area contributed by atoms with Crippen LogP contribution in [0.25, 0.3) is 11.5 Å². The van der Waals surface area contributed by atoms with Crippen LogP contribution in [-0.2, 0) is 9.53 Å². The monoisotopic (exact) mass is 384 g/mol. The molecule has 2 aromatic rings. The number of aromatic nitrogens is 2. The van der Waals surface area contributed by atoms with Crippen LogP contribution in [0.15, 0.2) is 28.7 Å². The van der Waals surface area contributed by atoms with Gasteiger partial charge in [0.15, 0.2) is 0 Å². The summed E-state index contributed by atoms with van der Waals surface area (Å²) < 4.78 is 46.3. The van der Waals surface area contributed by atoms with Gasteiger partial charge in [0.2, 0.25) is 11.8 Å². The molecule has 7 nitrogen and oxygen atoms in total. The summed E-state index contributed by atoms with van der Waals surface area (Å²) in [5.41, 5.74) is 1.83. The summed E-state index contributed by atoms with van der Waals surface area (Å²) in [4.78, 5) is 13.7. The van der Waals surface area contributed by atoms with Gasteiger partial charge in [-0.3, -0.25) is 9.53 Å². The van der Waals surface area contributed by atoms with Gasteiger partial charge in [-0.15, -0.1) is 18.3 Å². The maximum atomic E-state index is 12.4. The van der Waals surface area contributed by atoms with Crippen molar-refractivity contribution < 1.29 is 27.1 Å². The van der Waals surface area contributed by atoms with Crippen LogP contribution in [-0.4, -0.2) is 52.6 Å². The molecule has 1 amide bonds. The Hall–Kier alpha value is -2.62. The summed E-state index contributed by atoms with van der Waals surface area (Å²) in [6, 6.07) is 6.82. The molecular formula is C17H19F3N4O3. The molecule has 1 aromatic heterocycles. The Morgan fingerprint density at radius 1 is 1.33 bits per heavy atom. The van der Waals surface area contributed by atoms with Gasteiger partial charge >= 0.3 is 12.4 Å². The summed E-state index contributed by atoms with van der Waals surface area (Å²) in [7, 11) is 0. The number of alkyl halides is 3. The molecule has 0 aliphatic carbocycles. The fourth-order valence-corrected chi connectivity index (χ4v) is 2.83. The first-order valence-electron chi connectivity index (χ1n) is 8.41. The van der Waals surface area contributed by atoms with Crippen molar-refractivity contribution in [1.29, 1.82) is 0 Å². The number of carbonyl (C=O) groups is 1. The Labute approximate surface area is 153 Å². The summed E-state index contributed by atoms with van der Waals surface area (Å²) in [5.74, 6) is -0.0599. The SMILES string of the molecule is Cc1ccc(-c2nnc(N[C@H](C)C(=O)N3CCC(OC(F)(F)F)C3)o2)cc1. The third kappa shape index (κ3) is 4.97. The van der Waals surface area contributed by atoms with Gasteiger partial charge in [-0.05, 0) is 32.4 Å². The minimum absolute atomic E-state index is 0.0636. The summed E-state index contributed by atoms with van der Waals surface area (Å²) in [5, 5.41) is 10.6. The minimum Gasteiger partial charge on any atom is -0.403 e. The van der Waals surface area contributed by atoms with Crippen LogP contribution in [0.4, 0.5) is 19.2 Å². The normalized spacial score (nSPS) is 18.6. The van der Waals surface area contributed by atoms with Gasteiger partial charge in [0.05, 0.1) is 6.10 Å². The van der Waals surface area contributed by atoms with Gasteiger partial charge in [-0.25, -0.2) is 0 Å². The van der Waals surface area contributed by atoms with Crippen molar-refractivity contribution in [3.05, 3.63) is 29.8 Å². The second-order valence-corrected chi connectivity index (χ2v) is 6.40. The van der Waals surface area contributed by atoms with E-state index >= 15 is 0 Å². The molecule has 27 heavy (non-hydrogen) atoms. The molecule has 1 aliphatic heterocycles. The molecule has 0 bridgehead atoms. The zero-order chi connectivity index (χ0) is 19.6. The first kappa shape index (κ1) is 19.2. The van der Waals surface area contributed by atoms with E-state index in [2.05, 4.69) is 20.3 Å². The van der Waals surface area contributed by atoms with Crippen LogP contribution < -0.4 is 5.32 Å². The highest BCUT2D eigenvalue weighted by atomic mass is 19.4. The average molecular weight is 384 g/mol. The maximum Gasteiger partial charge on any atom is 0.522 e. The number of ether oxygens (including phenoxy) is 1. The standard InChI is InChI=1S/C17H19F3N4O3/c1-10-3-5-12(6-4-10)14-22-23-16(26-14)21-11(2)15(25)24-8-7-13(9-24)27-17(18,19)20/h3-6,11,13H,7-9H2,1-2H3,(H,21,23)/t11-,13?/m1/s1. The van der Waals surface area contributed by atoms with E-state index in [-0.39, 0.29) is 31.4 Å². The Morgan fingerprint density at radius 2 is 2.04 bits per heavy atom. The number of halogens is 3. The first-order valence-corrected chi connectivity index (χ1v) is 8.41. The van der Waals surface area contributed by atoms with Crippen LogP contribution in [0.3, 0.4) is 0 Å². The lowest BCUT2D eigenvalue weighted by atomic mass is 10.1. The predicted molar refractivity (Wildman–Crippen MR) is 89.7 cm³/mol. The van der Waals surface area contributed by atoms with Crippen molar-refractivity contribution in [3.63, 3.8) is 0 Å². The number of rotatable bonds is 5. The Bertz CT molecular complexity index is 791. The lowest BCUT2D eigenvalue weighted by Gasteiger charge is -2.21. The van der Waals surface area contributed by atoms with E-state index in [9.17, 15) is 18.0 Å². The number of likely N-dealkylation sites (tertiary alicyclic amines) is 1. The Balaban J connectivity index is 1.57. The lowest BCUT2D eigenvalue weighted by molar-refractivity contribution is -0.340. The molecule has 0 spiro atoms. The van der Waals surface area contributed by atoms with Gasteiger partial charge in [0, 0.05) is 18.7 Å². The van der Waals surface area contributed by atoms with E-state index in [1.165, 1.54) is 4.90 Å². The third-order valence-corrected chi connectivity index (χ3v) is 4.19. The first-order chi connectivity index (χ1) is 12.7. The molecular weight excluding hydrogens is 365 g/mol. The Kier molecular flexibility index (Phi) is 5.36. The average Bonchev–Trinajstić information content (AvgIpc) is 3.23. The second-order valence-electron chi connectivity index (χ2n) is 6.40. The molecule has 0 saturated carbocycles. The zero-order valence-corrected chi connectivity index (χ0v) is 14.8. The molecule has 1 fully saturated rings. The number of nitrogens with zero attached hydrogens (tertiary/aromatic N) is 3. The molecule has 2 heterocycles. The predicted octanol–water partition coefficient (Wildman–Crippen LogP) is 2.98. The smallest absolute Gasteiger partial charge is 0.403 e. The van der Waals surface area contributed by atoms with Crippen LogP contribution in [0.1, 0.15) is 18.9 Å². The van der Waals surface area contributed by atoms with Crippen molar-refractivity contribution in [2.75, 3.05) is 18.4 Å². The van der Waals surface area contributed by atoms with E-state index in [1.807, 2.05) is 31.2 Å². The summed E-state index contributed by atoms with van der Waals surface area (Å²) >= 11 is 0. The van der Waals surface area contributed by atoms with Crippen LogP contribution in [0, 0.1) is 6.92 Å². The minimum atomic E-state index is -4.70. The number of aryl methyl sites for hydroxylation is 1. The fourth-order valence-electron chi connectivity index (χ4n) is 2.83.